The second-order valence-electron chi connectivity index (χ2n) is 5.43. The van der Waals surface area contributed by atoms with E-state index in [1.807, 2.05) is 6.07 Å². The topological polar surface area (TPSA) is 30.2 Å². The van der Waals surface area contributed by atoms with Crippen molar-refractivity contribution >= 4 is 6.29 Å². The van der Waals surface area contributed by atoms with Crippen molar-refractivity contribution in [1.29, 1.82) is 0 Å². The summed E-state index contributed by atoms with van der Waals surface area (Å²) in [6.45, 7) is 6.31. The van der Waals surface area contributed by atoms with Crippen molar-refractivity contribution < 1.29 is 9.21 Å². The predicted molar refractivity (Wildman–Crippen MR) is 59.4 cm³/mol. The molecule has 1 heterocycles. The maximum atomic E-state index is 11.0. The third-order valence-electron chi connectivity index (χ3n) is 3.13. The van der Waals surface area contributed by atoms with Gasteiger partial charge in [0.05, 0.1) is 5.56 Å². The van der Waals surface area contributed by atoms with Crippen LogP contribution in [0.15, 0.2) is 10.5 Å². The lowest BCUT2D eigenvalue weighted by molar-refractivity contribution is 0.112. The molecule has 0 spiro atoms. The molecule has 2 rings (SSSR count). The Hall–Kier alpha value is -1.05. The SMILES string of the molecule is CC(C)(C)c1cc(C=O)c(C2CCC2)o1. The van der Waals surface area contributed by atoms with Crippen molar-refractivity contribution in [1.82, 2.24) is 0 Å². The first-order chi connectivity index (χ1) is 7.02. The van der Waals surface area contributed by atoms with Gasteiger partial charge >= 0.3 is 0 Å². The third-order valence-corrected chi connectivity index (χ3v) is 3.13. The summed E-state index contributed by atoms with van der Waals surface area (Å²) in [5.74, 6) is 2.33. The van der Waals surface area contributed by atoms with Gasteiger partial charge < -0.3 is 4.42 Å². The molecule has 0 saturated heterocycles. The summed E-state index contributed by atoms with van der Waals surface area (Å²) < 4.78 is 5.84. The van der Waals surface area contributed by atoms with E-state index in [-0.39, 0.29) is 5.41 Å². The minimum absolute atomic E-state index is 0.0141. The second-order valence-corrected chi connectivity index (χ2v) is 5.43. The van der Waals surface area contributed by atoms with Gasteiger partial charge in [0, 0.05) is 11.3 Å². The summed E-state index contributed by atoms with van der Waals surface area (Å²) in [7, 11) is 0. The molecule has 2 heteroatoms. The van der Waals surface area contributed by atoms with E-state index in [0.29, 0.717) is 5.92 Å². The highest BCUT2D eigenvalue weighted by molar-refractivity contribution is 5.77. The summed E-state index contributed by atoms with van der Waals surface area (Å²) in [5.41, 5.74) is 0.740. The van der Waals surface area contributed by atoms with Crippen LogP contribution in [0.5, 0.6) is 0 Å². The van der Waals surface area contributed by atoms with Crippen LogP contribution in [0.3, 0.4) is 0 Å². The lowest BCUT2D eigenvalue weighted by Gasteiger charge is -2.24. The Morgan fingerprint density at radius 3 is 2.47 bits per heavy atom. The van der Waals surface area contributed by atoms with E-state index in [1.54, 1.807) is 0 Å². The predicted octanol–water partition coefficient (Wildman–Crippen LogP) is 3.66. The highest BCUT2D eigenvalue weighted by Gasteiger charge is 2.29. The van der Waals surface area contributed by atoms with Crippen molar-refractivity contribution in [3.63, 3.8) is 0 Å². The van der Waals surface area contributed by atoms with Crippen LogP contribution >= 0.6 is 0 Å². The molecule has 1 saturated carbocycles. The van der Waals surface area contributed by atoms with Gasteiger partial charge in [0.25, 0.3) is 0 Å². The molecule has 0 aromatic carbocycles. The Morgan fingerprint density at radius 2 is 2.07 bits per heavy atom. The van der Waals surface area contributed by atoms with Gasteiger partial charge in [-0.05, 0) is 18.9 Å². The Kier molecular flexibility index (Phi) is 2.45. The standard InChI is InChI=1S/C13H18O2/c1-13(2,3)11-7-10(8-14)12(15-11)9-5-4-6-9/h7-9H,4-6H2,1-3H3. The van der Waals surface area contributed by atoms with E-state index in [4.69, 9.17) is 4.42 Å². The van der Waals surface area contributed by atoms with Gasteiger partial charge in [-0.1, -0.05) is 27.2 Å². The second kappa shape index (κ2) is 3.51. The first kappa shape index (κ1) is 10.5. The lowest BCUT2D eigenvalue weighted by Crippen LogP contribution is -2.10. The van der Waals surface area contributed by atoms with Gasteiger partial charge in [-0.25, -0.2) is 0 Å². The molecule has 0 radical (unpaired) electrons. The minimum Gasteiger partial charge on any atom is -0.464 e. The molecule has 1 aliphatic rings. The minimum atomic E-state index is -0.0141. The average molecular weight is 206 g/mol. The zero-order valence-corrected chi connectivity index (χ0v) is 9.67. The van der Waals surface area contributed by atoms with Crippen LogP contribution in [-0.2, 0) is 5.41 Å². The van der Waals surface area contributed by atoms with E-state index in [9.17, 15) is 4.79 Å². The van der Waals surface area contributed by atoms with E-state index in [2.05, 4.69) is 20.8 Å². The van der Waals surface area contributed by atoms with Crippen LogP contribution in [0.25, 0.3) is 0 Å². The summed E-state index contributed by atoms with van der Waals surface area (Å²) in [4.78, 5) is 11.0. The van der Waals surface area contributed by atoms with Crippen LogP contribution in [0.4, 0.5) is 0 Å². The van der Waals surface area contributed by atoms with E-state index < -0.39 is 0 Å². The number of hydrogen-bond acceptors (Lipinski definition) is 2. The number of furan rings is 1. The Balaban J connectivity index is 2.36. The van der Waals surface area contributed by atoms with Gasteiger partial charge in [0.1, 0.15) is 11.5 Å². The highest BCUT2D eigenvalue weighted by Crippen LogP contribution is 2.40. The van der Waals surface area contributed by atoms with Crippen molar-refractivity contribution in [2.24, 2.45) is 0 Å². The molecular formula is C13H18O2. The first-order valence-electron chi connectivity index (χ1n) is 5.62. The molecule has 2 nitrogen and oxygen atoms in total. The number of aldehydes is 1. The van der Waals surface area contributed by atoms with Gasteiger partial charge in [0.2, 0.25) is 0 Å². The lowest BCUT2D eigenvalue weighted by atomic mass is 9.82. The van der Waals surface area contributed by atoms with Crippen molar-refractivity contribution in [2.45, 2.75) is 51.4 Å². The fourth-order valence-electron chi connectivity index (χ4n) is 1.87. The summed E-state index contributed by atoms with van der Waals surface area (Å²) in [6, 6.07) is 1.90. The fourth-order valence-corrected chi connectivity index (χ4v) is 1.87. The van der Waals surface area contributed by atoms with Gasteiger partial charge in [0.15, 0.2) is 6.29 Å². The highest BCUT2D eigenvalue weighted by atomic mass is 16.3. The molecule has 1 fully saturated rings. The monoisotopic (exact) mass is 206 g/mol. The van der Waals surface area contributed by atoms with Gasteiger partial charge in [-0.3, -0.25) is 4.79 Å². The average Bonchev–Trinajstić information content (AvgIpc) is 2.44. The van der Waals surface area contributed by atoms with Crippen LogP contribution < -0.4 is 0 Å². The largest absolute Gasteiger partial charge is 0.464 e. The molecule has 0 amide bonds. The van der Waals surface area contributed by atoms with Crippen LogP contribution in [0.2, 0.25) is 0 Å². The van der Waals surface area contributed by atoms with Crippen molar-refractivity contribution in [3.8, 4) is 0 Å². The number of carbonyl (C=O) groups excluding carboxylic acids is 1. The molecule has 0 bridgehead atoms. The maximum Gasteiger partial charge on any atom is 0.153 e. The molecule has 1 aromatic rings. The van der Waals surface area contributed by atoms with Crippen molar-refractivity contribution in [3.05, 3.63) is 23.2 Å². The Labute approximate surface area is 90.7 Å². The Bertz CT molecular complexity index is 364. The third kappa shape index (κ3) is 1.85. The van der Waals surface area contributed by atoms with E-state index in [0.717, 1.165) is 36.2 Å². The molecule has 15 heavy (non-hydrogen) atoms. The molecule has 82 valence electrons. The zero-order chi connectivity index (χ0) is 11.1. The molecule has 0 atom stereocenters. The summed E-state index contributed by atoms with van der Waals surface area (Å²) in [6.07, 6.45) is 4.51. The first-order valence-corrected chi connectivity index (χ1v) is 5.62. The quantitative estimate of drug-likeness (QED) is 0.691. The van der Waals surface area contributed by atoms with Gasteiger partial charge in [-0.2, -0.15) is 0 Å². The van der Waals surface area contributed by atoms with Crippen LogP contribution in [-0.4, -0.2) is 6.29 Å². The van der Waals surface area contributed by atoms with Crippen LogP contribution in [0.1, 0.15) is 67.8 Å². The van der Waals surface area contributed by atoms with Crippen LogP contribution in [0, 0.1) is 0 Å². The smallest absolute Gasteiger partial charge is 0.153 e. The van der Waals surface area contributed by atoms with Gasteiger partial charge in [-0.15, -0.1) is 0 Å². The summed E-state index contributed by atoms with van der Waals surface area (Å²) in [5, 5.41) is 0. The molecule has 0 N–H and O–H groups in total. The van der Waals surface area contributed by atoms with E-state index in [1.165, 1.54) is 6.42 Å². The number of rotatable bonds is 2. The fraction of sp³-hybridized carbons (Fsp3) is 0.615. The van der Waals surface area contributed by atoms with E-state index >= 15 is 0 Å². The molecule has 0 aliphatic heterocycles. The van der Waals surface area contributed by atoms with Crippen molar-refractivity contribution in [2.75, 3.05) is 0 Å². The maximum absolute atomic E-state index is 11.0. The molecular weight excluding hydrogens is 188 g/mol. The normalized spacial score (nSPS) is 17.5. The molecule has 0 unspecified atom stereocenters. The Morgan fingerprint density at radius 1 is 1.40 bits per heavy atom. The molecule has 1 aliphatic carbocycles. The number of carbonyl (C=O) groups is 1. The number of hydrogen-bond donors (Lipinski definition) is 0. The summed E-state index contributed by atoms with van der Waals surface area (Å²) >= 11 is 0. The zero-order valence-electron chi connectivity index (χ0n) is 9.67. The molecule has 1 aromatic heterocycles.